The summed E-state index contributed by atoms with van der Waals surface area (Å²) in [6.07, 6.45) is -0.882. The molecule has 0 amide bonds. The molecular weight excluding hydrogens is 271 g/mol. The van der Waals surface area contributed by atoms with E-state index in [0.29, 0.717) is 15.2 Å². The number of rotatable bonds is 3. The topological polar surface area (TPSA) is 46.5 Å². The second kappa shape index (κ2) is 4.66. The van der Waals surface area contributed by atoms with Gasteiger partial charge in [0.1, 0.15) is 5.75 Å². The minimum Gasteiger partial charge on any atom is -0.479 e. The van der Waals surface area contributed by atoms with E-state index in [2.05, 4.69) is 15.9 Å². The van der Waals surface area contributed by atoms with Crippen LogP contribution in [0.25, 0.3) is 0 Å². The molecule has 0 aliphatic rings. The largest absolute Gasteiger partial charge is 0.479 e. The molecule has 0 radical (unpaired) electrons. The van der Waals surface area contributed by atoms with Gasteiger partial charge in [0.2, 0.25) is 0 Å². The van der Waals surface area contributed by atoms with Gasteiger partial charge in [-0.25, -0.2) is 4.79 Å². The Morgan fingerprint density at radius 2 is 2.29 bits per heavy atom. The van der Waals surface area contributed by atoms with Gasteiger partial charge in [-0.3, -0.25) is 0 Å². The SMILES string of the molecule is CC(Oc1ccc(Cl)cc1Br)C(=O)O. The van der Waals surface area contributed by atoms with E-state index >= 15 is 0 Å². The number of carbonyl (C=O) groups is 1. The summed E-state index contributed by atoms with van der Waals surface area (Å²) < 4.78 is 5.79. The molecule has 0 saturated carbocycles. The lowest BCUT2D eigenvalue weighted by atomic mass is 10.3. The zero-order valence-corrected chi connectivity index (χ0v) is 9.67. The fraction of sp³-hybridized carbons (Fsp3) is 0.222. The maximum atomic E-state index is 10.5. The maximum absolute atomic E-state index is 10.5. The highest BCUT2D eigenvalue weighted by Crippen LogP contribution is 2.28. The van der Waals surface area contributed by atoms with E-state index in [1.807, 2.05) is 0 Å². The molecule has 5 heteroatoms. The highest BCUT2D eigenvalue weighted by molar-refractivity contribution is 9.10. The van der Waals surface area contributed by atoms with Gasteiger partial charge in [0, 0.05) is 5.02 Å². The molecule has 1 N–H and O–H groups in total. The van der Waals surface area contributed by atoms with Gasteiger partial charge in [-0.15, -0.1) is 0 Å². The number of ether oxygens (including phenoxy) is 1. The van der Waals surface area contributed by atoms with Gasteiger partial charge >= 0.3 is 5.97 Å². The van der Waals surface area contributed by atoms with Crippen molar-refractivity contribution in [2.24, 2.45) is 0 Å². The van der Waals surface area contributed by atoms with Crippen molar-refractivity contribution in [3.63, 3.8) is 0 Å². The molecule has 76 valence electrons. The van der Waals surface area contributed by atoms with Crippen LogP contribution in [0, 0.1) is 0 Å². The van der Waals surface area contributed by atoms with E-state index in [1.165, 1.54) is 6.92 Å². The van der Waals surface area contributed by atoms with Crippen LogP contribution in [0.4, 0.5) is 0 Å². The molecule has 0 bridgehead atoms. The summed E-state index contributed by atoms with van der Waals surface area (Å²) in [7, 11) is 0. The van der Waals surface area contributed by atoms with Gasteiger partial charge in [0.15, 0.2) is 6.10 Å². The molecule has 0 saturated heterocycles. The van der Waals surface area contributed by atoms with Crippen LogP contribution in [0.1, 0.15) is 6.92 Å². The normalized spacial score (nSPS) is 12.2. The fourth-order valence-electron chi connectivity index (χ4n) is 0.812. The van der Waals surface area contributed by atoms with Gasteiger partial charge in [0.25, 0.3) is 0 Å². The zero-order valence-electron chi connectivity index (χ0n) is 7.33. The molecule has 1 atom stereocenters. The van der Waals surface area contributed by atoms with Crippen molar-refractivity contribution in [1.29, 1.82) is 0 Å². The van der Waals surface area contributed by atoms with Crippen molar-refractivity contribution < 1.29 is 14.6 Å². The lowest BCUT2D eigenvalue weighted by Gasteiger charge is -2.11. The standard InChI is InChI=1S/C9H8BrClO3/c1-5(9(12)13)14-8-3-2-6(11)4-7(8)10/h2-5H,1H3,(H,12,13). The molecule has 0 heterocycles. The molecule has 1 aromatic rings. The molecule has 0 aliphatic heterocycles. The third-order valence-electron chi connectivity index (χ3n) is 1.55. The van der Waals surface area contributed by atoms with Crippen LogP contribution in [-0.4, -0.2) is 17.2 Å². The lowest BCUT2D eigenvalue weighted by Crippen LogP contribution is -2.22. The van der Waals surface area contributed by atoms with Crippen molar-refractivity contribution in [1.82, 2.24) is 0 Å². The summed E-state index contributed by atoms with van der Waals surface area (Å²) in [6.45, 7) is 1.46. The van der Waals surface area contributed by atoms with Crippen molar-refractivity contribution >= 4 is 33.5 Å². The molecule has 1 aromatic carbocycles. The molecule has 0 spiro atoms. The Bertz CT molecular complexity index is 354. The molecule has 0 aliphatic carbocycles. The molecule has 1 rings (SSSR count). The van der Waals surface area contributed by atoms with Crippen LogP contribution in [0.3, 0.4) is 0 Å². The minimum absolute atomic E-state index is 0.462. The minimum atomic E-state index is -1.01. The molecule has 0 aromatic heterocycles. The Hall–Kier alpha value is -0.740. The van der Waals surface area contributed by atoms with E-state index in [9.17, 15) is 4.79 Å². The van der Waals surface area contributed by atoms with Crippen molar-refractivity contribution in [2.75, 3.05) is 0 Å². The maximum Gasteiger partial charge on any atom is 0.344 e. The second-order valence-corrected chi connectivity index (χ2v) is 3.96. The van der Waals surface area contributed by atoms with Crippen LogP contribution < -0.4 is 4.74 Å². The quantitative estimate of drug-likeness (QED) is 0.925. The summed E-state index contributed by atoms with van der Waals surface area (Å²) in [5.74, 6) is -0.545. The average Bonchev–Trinajstić information content (AvgIpc) is 2.09. The monoisotopic (exact) mass is 278 g/mol. The Morgan fingerprint density at radius 3 is 2.79 bits per heavy atom. The lowest BCUT2D eigenvalue weighted by molar-refractivity contribution is -0.144. The first-order chi connectivity index (χ1) is 6.50. The number of carboxylic acid groups (broad SMARTS) is 1. The molecule has 3 nitrogen and oxygen atoms in total. The van der Waals surface area contributed by atoms with Crippen molar-refractivity contribution in [3.8, 4) is 5.75 Å². The smallest absolute Gasteiger partial charge is 0.344 e. The highest BCUT2D eigenvalue weighted by Gasteiger charge is 2.13. The number of aliphatic carboxylic acids is 1. The van der Waals surface area contributed by atoms with Gasteiger partial charge in [-0.05, 0) is 41.1 Å². The number of benzene rings is 1. The van der Waals surface area contributed by atoms with E-state index < -0.39 is 12.1 Å². The number of hydrogen-bond donors (Lipinski definition) is 1. The fourth-order valence-corrected chi connectivity index (χ4v) is 1.59. The second-order valence-electron chi connectivity index (χ2n) is 2.67. The van der Waals surface area contributed by atoms with Crippen LogP contribution in [0.15, 0.2) is 22.7 Å². The number of carboxylic acids is 1. The van der Waals surface area contributed by atoms with Crippen LogP contribution in [0.5, 0.6) is 5.75 Å². The van der Waals surface area contributed by atoms with E-state index in [0.717, 1.165) is 0 Å². The van der Waals surface area contributed by atoms with Crippen LogP contribution in [-0.2, 0) is 4.79 Å². The number of halogens is 2. The van der Waals surface area contributed by atoms with Gasteiger partial charge in [-0.1, -0.05) is 11.6 Å². The number of hydrogen-bond acceptors (Lipinski definition) is 2. The Kier molecular flexibility index (Phi) is 3.77. The first kappa shape index (κ1) is 11.3. The summed E-state index contributed by atoms with van der Waals surface area (Å²) in [6, 6.07) is 4.90. The van der Waals surface area contributed by atoms with Gasteiger partial charge < -0.3 is 9.84 Å². The Morgan fingerprint density at radius 1 is 1.64 bits per heavy atom. The van der Waals surface area contributed by atoms with Gasteiger partial charge in [0.05, 0.1) is 4.47 Å². The highest BCUT2D eigenvalue weighted by atomic mass is 79.9. The van der Waals surface area contributed by atoms with E-state index in [4.69, 9.17) is 21.4 Å². The summed E-state index contributed by atoms with van der Waals surface area (Å²) in [5, 5.41) is 9.18. The first-order valence-corrected chi connectivity index (χ1v) is 5.02. The molecule has 1 unspecified atom stereocenters. The summed E-state index contributed by atoms with van der Waals surface area (Å²) in [5.41, 5.74) is 0. The third-order valence-corrected chi connectivity index (χ3v) is 2.40. The molecule has 14 heavy (non-hydrogen) atoms. The summed E-state index contributed by atoms with van der Waals surface area (Å²) in [4.78, 5) is 10.5. The Labute approximate surface area is 94.8 Å². The first-order valence-electron chi connectivity index (χ1n) is 3.85. The third kappa shape index (κ3) is 2.89. The molecular formula is C9H8BrClO3. The predicted molar refractivity (Wildman–Crippen MR) is 56.9 cm³/mol. The van der Waals surface area contributed by atoms with E-state index in [-0.39, 0.29) is 0 Å². The van der Waals surface area contributed by atoms with Gasteiger partial charge in [-0.2, -0.15) is 0 Å². The molecule has 0 fully saturated rings. The Balaban J connectivity index is 2.82. The van der Waals surface area contributed by atoms with Crippen molar-refractivity contribution in [2.45, 2.75) is 13.0 Å². The van der Waals surface area contributed by atoms with Crippen LogP contribution >= 0.6 is 27.5 Å². The predicted octanol–water partition coefficient (Wildman–Crippen LogP) is 2.95. The summed E-state index contributed by atoms with van der Waals surface area (Å²) >= 11 is 8.94. The van der Waals surface area contributed by atoms with Crippen molar-refractivity contribution in [3.05, 3.63) is 27.7 Å². The van der Waals surface area contributed by atoms with E-state index in [1.54, 1.807) is 18.2 Å². The van der Waals surface area contributed by atoms with Crippen LogP contribution in [0.2, 0.25) is 5.02 Å². The zero-order chi connectivity index (χ0) is 10.7. The average molecular weight is 280 g/mol.